The Labute approximate surface area is 160 Å². The first-order valence-electron chi connectivity index (χ1n) is 8.99. The lowest BCUT2D eigenvalue weighted by Gasteiger charge is -2.22. The van der Waals surface area contributed by atoms with Crippen LogP contribution in [0.25, 0.3) is 5.70 Å². The zero-order valence-corrected chi connectivity index (χ0v) is 15.9. The summed E-state index contributed by atoms with van der Waals surface area (Å²) in [5, 5.41) is 0. The molecule has 0 aliphatic carbocycles. The highest BCUT2D eigenvalue weighted by Crippen LogP contribution is 2.27. The van der Waals surface area contributed by atoms with E-state index in [4.69, 9.17) is 13.9 Å². The SMILES string of the molecule is C=C(c1ccccc1OCCOc1ccccc1)N(C)Cc1ccc(C)o1. The van der Waals surface area contributed by atoms with Crippen molar-refractivity contribution in [2.24, 2.45) is 0 Å². The fourth-order valence-corrected chi connectivity index (χ4v) is 2.76. The van der Waals surface area contributed by atoms with Crippen LogP contribution in [0.15, 0.2) is 77.7 Å². The smallest absolute Gasteiger partial charge is 0.128 e. The molecule has 4 nitrogen and oxygen atoms in total. The Balaban J connectivity index is 1.58. The van der Waals surface area contributed by atoms with Gasteiger partial charge in [0.25, 0.3) is 0 Å². The van der Waals surface area contributed by atoms with Gasteiger partial charge in [-0.2, -0.15) is 0 Å². The minimum absolute atomic E-state index is 0.459. The fourth-order valence-electron chi connectivity index (χ4n) is 2.76. The van der Waals surface area contributed by atoms with Crippen LogP contribution in [-0.2, 0) is 6.54 Å². The number of para-hydroxylation sites is 2. The van der Waals surface area contributed by atoms with Gasteiger partial charge < -0.3 is 18.8 Å². The Morgan fingerprint density at radius 2 is 1.63 bits per heavy atom. The molecule has 0 N–H and O–H groups in total. The Kier molecular flexibility index (Phi) is 6.21. The van der Waals surface area contributed by atoms with Gasteiger partial charge in [0.1, 0.15) is 36.2 Å². The molecule has 0 saturated heterocycles. The average molecular weight is 363 g/mol. The molecule has 0 spiro atoms. The number of rotatable bonds is 9. The Morgan fingerprint density at radius 1 is 0.926 bits per heavy atom. The number of hydrogen-bond donors (Lipinski definition) is 0. The Hall–Kier alpha value is -3.14. The number of aryl methyl sites for hydroxylation is 1. The molecule has 27 heavy (non-hydrogen) atoms. The van der Waals surface area contributed by atoms with E-state index in [1.54, 1.807) is 0 Å². The van der Waals surface area contributed by atoms with E-state index in [2.05, 4.69) is 11.5 Å². The van der Waals surface area contributed by atoms with E-state index in [9.17, 15) is 0 Å². The standard InChI is InChI=1S/C23H25NO3/c1-18-13-14-21(27-18)17-24(3)19(2)22-11-7-8-12-23(22)26-16-15-25-20-9-5-4-6-10-20/h4-14H,2,15-17H2,1,3H3. The minimum atomic E-state index is 0.459. The van der Waals surface area contributed by atoms with E-state index in [0.717, 1.165) is 34.3 Å². The summed E-state index contributed by atoms with van der Waals surface area (Å²) in [6.45, 7) is 7.77. The summed E-state index contributed by atoms with van der Waals surface area (Å²) < 4.78 is 17.3. The maximum absolute atomic E-state index is 5.95. The number of ether oxygens (including phenoxy) is 2. The lowest BCUT2D eigenvalue weighted by atomic mass is 10.1. The van der Waals surface area contributed by atoms with Crippen LogP contribution in [-0.4, -0.2) is 25.2 Å². The third kappa shape index (κ3) is 5.17. The van der Waals surface area contributed by atoms with Crippen LogP contribution in [0.2, 0.25) is 0 Å². The molecule has 0 unspecified atom stereocenters. The summed E-state index contributed by atoms with van der Waals surface area (Å²) in [7, 11) is 2.00. The first-order chi connectivity index (χ1) is 13.1. The van der Waals surface area contributed by atoms with Crippen molar-refractivity contribution in [2.75, 3.05) is 20.3 Å². The van der Waals surface area contributed by atoms with Gasteiger partial charge in [-0.25, -0.2) is 0 Å². The lowest BCUT2D eigenvalue weighted by Crippen LogP contribution is -2.16. The summed E-state index contributed by atoms with van der Waals surface area (Å²) in [6.07, 6.45) is 0. The number of hydrogen-bond acceptors (Lipinski definition) is 4. The third-order valence-corrected chi connectivity index (χ3v) is 4.20. The Bertz CT molecular complexity index is 870. The van der Waals surface area contributed by atoms with Crippen molar-refractivity contribution in [1.29, 1.82) is 0 Å². The average Bonchev–Trinajstić information content (AvgIpc) is 3.10. The molecule has 1 aromatic heterocycles. The number of benzene rings is 2. The number of furan rings is 1. The molecule has 0 aliphatic heterocycles. The van der Waals surface area contributed by atoms with Crippen molar-refractivity contribution in [2.45, 2.75) is 13.5 Å². The van der Waals surface area contributed by atoms with Crippen LogP contribution >= 0.6 is 0 Å². The summed E-state index contributed by atoms with van der Waals surface area (Å²) in [4.78, 5) is 2.06. The molecular weight excluding hydrogens is 338 g/mol. The lowest BCUT2D eigenvalue weighted by molar-refractivity contribution is 0.216. The predicted molar refractivity (Wildman–Crippen MR) is 108 cm³/mol. The monoisotopic (exact) mass is 363 g/mol. The van der Waals surface area contributed by atoms with E-state index < -0.39 is 0 Å². The second kappa shape index (κ2) is 8.99. The summed E-state index contributed by atoms with van der Waals surface area (Å²) in [5.41, 5.74) is 1.84. The zero-order valence-electron chi connectivity index (χ0n) is 15.9. The normalized spacial score (nSPS) is 10.4. The van der Waals surface area contributed by atoms with Crippen molar-refractivity contribution in [3.63, 3.8) is 0 Å². The molecule has 0 saturated carbocycles. The molecule has 0 fully saturated rings. The van der Waals surface area contributed by atoms with Crippen LogP contribution in [0.5, 0.6) is 11.5 Å². The van der Waals surface area contributed by atoms with Crippen molar-refractivity contribution in [1.82, 2.24) is 4.90 Å². The van der Waals surface area contributed by atoms with Crippen LogP contribution in [0.3, 0.4) is 0 Å². The van der Waals surface area contributed by atoms with Crippen LogP contribution in [0.4, 0.5) is 0 Å². The molecule has 3 rings (SSSR count). The van der Waals surface area contributed by atoms with Crippen molar-refractivity contribution in [3.8, 4) is 11.5 Å². The van der Waals surface area contributed by atoms with Crippen molar-refractivity contribution in [3.05, 3.63) is 90.4 Å². The van der Waals surface area contributed by atoms with Gasteiger partial charge in [0.15, 0.2) is 0 Å². The number of nitrogens with zero attached hydrogens (tertiary/aromatic N) is 1. The molecule has 0 radical (unpaired) electrons. The highest BCUT2D eigenvalue weighted by Gasteiger charge is 2.12. The molecule has 0 aliphatic rings. The van der Waals surface area contributed by atoms with Gasteiger partial charge >= 0.3 is 0 Å². The van der Waals surface area contributed by atoms with E-state index in [1.807, 2.05) is 80.7 Å². The second-order valence-electron chi connectivity index (χ2n) is 6.32. The summed E-state index contributed by atoms with van der Waals surface area (Å²) in [5.74, 6) is 3.45. The van der Waals surface area contributed by atoms with Crippen molar-refractivity contribution < 1.29 is 13.9 Å². The second-order valence-corrected chi connectivity index (χ2v) is 6.32. The largest absolute Gasteiger partial charge is 0.490 e. The highest BCUT2D eigenvalue weighted by molar-refractivity contribution is 5.67. The van der Waals surface area contributed by atoms with Crippen molar-refractivity contribution >= 4 is 5.70 Å². The molecular formula is C23H25NO3. The maximum Gasteiger partial charge on any atom is 0.128 e. The molecule has 0 bridgehead atoms. The summed E-state index contributed by atoms with van der Waals surface area (Å²) >= 11 is 0. The topological polar surface area (TPSA) is 34.8 Å². The van der Waals surface area contributed by atoms with Crippen LogP contribution in [0, 0.1) is 6.92 Å². The van der Waals surface area contributed by atoms with Gasteiger partial charge in [-0.15, -0.1) is 0 Å². The molecule has 3 aromatic rings. The molecule has 140 valence electrons. The van der Waals surface area contributed by atoms with Gasteiger partial charge in [-0.1, -0.05) is 36.9 Å². The predicted octanol–water partition coefficient (Wildman–Crippen LogP) is 5.15. The molecule has 1 heterocycles. The van der Waals surface area contributed by atoms with Crippen LogP contribution in [0.1, 0.15) is 17.1 Å². The first-order valence-corrected chi connectivity index (χ1v) is 8.99. The van der Waals surface area contributed by atoms with Gasteiger partial charge in [0.2, 0.25) is 0 Å². The third-order valence-electron chi connectivity index (χ3n) is 4.20. The van der Waals surface area contributed by atoms with E-state index in [0.29, 0.717) is 19.8 Å². The fraction of sp³-hybridized carbons (Fsp3) is 0.217. The van der Waals surface area contributed by atoms with E-state index in [-0.39, 0.29) is 0 Å². The highest BCUT2D eigenvalue weighted by atomic mass is 16.5. The summed E-state index contributed by atoms with van der Waals surface area (Å²) in [6, 6.07) is 21.6. The van der Waals surface area contributed by atoms with Gasteiger partial charge in [0.05, 0.1) is 6.54 Å². The Morgan fingerprint density at radius 3 is 2.37 bits per heavy atom. The molecule has 4 heteroatoms. The van der Waals surface area contributed by atoms with Gasteiger partial charge in [-0.05, 0) is 43.3 Å². The molecule has 2 aromatic carbocycles. The van der Waals surface area contributed by atoms with E-state index >= 15 is 0 Å². The quantitative estimate of drug-likeness (QED) is 0.493. The van der Waals surface area contributed by atoms with Crippen LogP contribution < -0.4 is 9.47 Å². The minimum Gasteiger partial charge on any atom is -0.490 e. The first kappa shape index (κ1) is 18.6. The molecule has 0 atom stereocenters. The maximum atomic E-state index is 5.95. The zero-order chi connectivity index (χ0) is 19.1. The van der Waals surface area contributed by atoms with Gasteiger partial charge in [-0.3, -0.25) is 0 Å². The van der Waals surface area contributed by atoms with E-state index in [1.165, 1.54) is 0 Å². The molecule has 0 amide bonds. The van der Waals surface area contributed by atoms with Gasteiger partial charge in [0, 0.05) is 18.3 Å².